The van der Waals surface area contributed by atoms with Crippen molar-refractivity contribution in [2.45, 2.75) is 38.5 Å². The SMILES string of the molecule is CCCCN(C)S(=O)(=O)c1ccc(C(=O)N(CC)c2cccc(C)c2)cc1. The van der Waals surface area contributed by atoms with Crippen molar-refractivity contribution in [1.82, 2.24) is 4.31 Å². The molecule has 146 valence electrons. The van der Waals surface area contributed by atoms with Crippen molar-refractivity contribution in [3.63, 3.8) is 0 Å². The van der Waals surface area contributed by atoms with Crippen LogP contribution in [0.25, 0.3) is 0 Å². The normalized spacial score (nSPS) is 11.6. The van der Waals surface area contributed by atoms with E-state index < -0.39 is 10.0 Å². The molecule has 0 saturated carbocycles. The van der Waals surface area contributed by atoms with Crippen molar-refractivity contribution in [2.24, 2.45) is 0 Å². The van der Waals surface area contributed by atoms with Gasteiger partial charge in [0.1, 0.15) is 0 Å². The lowest BCUT2D eigenvalue weighted by Gasteiger charge is -2.22. The Bertz CT molecular complexity index is 877. The van der Waals surface area contributed by atoms with E-state index in [1.807, 2.05) is 45.0 Å². The molecule has 0 aliphatic carbocycles. The lowest BCUT2D eigenvalue weighted by Crippen LogP contribution is -2.31. The molecule has 0 bridgehead atoms. The number of unbranched alkanes of at least 4 members (excludes halogenated alkanes) is 1. The van der Waals surface area contributed by atoms with Crippen molar-refractivity contribution >= 4 is 21.6 Å². The van der Waals surface area contributed by atoms with E-state index in [1.54, 1.807) is 24.1 Å². The first-order valence-electron chi connectivity index (χ1n) is 9.26. The molecule has 0 heterocycles. The number of amides is 1. The first-order chi connectivity index (χ1) is 12.8. The van der Waals surface area contributed by atoms with Crippen LogP contribution in [0, 0.1) is 6.92 Å². The molecule has 27 heavy (non-hydrogen) atoms. The number of rotatable bonds is 8. The van der Waals surface area contributed by atoms with Crippen LogP contribution >= 0.6 is 0 Å². The highest BCUT2D eigenvalue weighted by molar-refractivity contribution is 7.89. The number of hydrogen-bond donors (Lipinski definition) is 0. The number of carbonyl (C=O) groups is 1. The van der Waals surface area contributed by atoms with Crippen LogP contribution in [0.2, 0.25) is 0 Å². The molecule has 0 spiro atoms. The van der Waals surface area contributed by atoms with Gasteiger partial charge in [-0.3, -0.25) is 4.79 Å². The summed E-state index contributed by atoms with van der Waals surface area (Å²) in [4.78, 5) is 14.8. The number of anilines is 1. The number of carbonyl (C=O) groups excluding carboxylic acids is 1. The van der Waals surface area contributed by atoms with Gasteiger partial charge in [-0.1, -0.05) is 25.5 Å². The number of aryl methyl sites for hydroxylation is 1. The Morgan fingerprint density at radius 1 is 1.04 bits per heavy atom. The minimum Gasteiger partial charge on any atom is -0.309 e. The van der Waals surface area contributed by atoms with Crippen LogP contribution in [0.5, 0.6) is 0 Å². The quantitative estimate of drug-likeness (QED) is 0.685. The fourth-order valence-corrected chi connectivity index (χ4v) is 4.05. The molecule has 0 unspecified atom stereocenters. The van der Waals surface area contributed by atoms with Crippen LogP contribution < -0.4 is 4.90 Å². The summed E-state index contributed by atoms with van der Waals surface area (Å²) in [7, 11) is -1.94. The molecule has 2 rings (SSSR count). The van der Waals surface area contributed by atoms with Crippen LogP contribution in [-0.4, -0.2) is 38.8 Å². The largest absolute Gasteiger partial charge is 0.309 e. The zero-order valence-corrected chi connectivity index (χ0v) is 17.3. The lowest BCUT2D eigenvalue weighted by molar-refractivity contribution is 0.0988. The van der Waals surface area contributed by atoms with Gasteiger partial charge in [0.15, 0.2) is 0 Å². The maximum atomic E-state index is 12.9. The fourth-order valence-electron chi connectivity index (χ4n) is 2.85. The molecule has 0 atom stereocenters. The number of sulfonamides is 1. The average molecular weight is 389 g/mol. The van der Waals surface area contributed by atoms with E-state index in [9.17, 15) is 13.2 Å². The van der Waals surface area contributed by atoms with Crippen LogP contribution in [0.15, 0.2) is 53.4 Å². The van der Waals surface area contributed by atoms with E-state index in [2.05, 4.69) is 0 Å². The van der Waals surface area contributed by atoms with Gasteiger partial charge < -0.3 is 4.90 Å². The predicted molar refractivity (Wildman–Crippen MR) is 110 cm³/mol. The van der Waals surface area contributed by atoms with Gasteiger partial charge in [0.05, 0.1) is 4.90 Å². The van der Waals surface area contributed by atoms with E-state index in [0.29, 0.717) is 18.7 Å². The summed E-state index contributed by atoms with van der Waals surface area (Å²) in [5.74, 6) is -0.147. The Hall–Kier alpha value is -2.18. The molecule has 6 heteroatoms. The van der Waals surface area contributed by atoms with E-state index in [4.69, 9.17) is 0 Å². The summed E-state index contributed by atoms with van der Waals surface area (Å²) in [5, 5.41) is 0. The van der Waals surface area contributed by atoms with Gasteiger partial charge in [-0.05, 0) is 62.2 Å². The maximum Gasteiger partial charge on any atom is 0.258 e. The molecule has 0 radical (unpaired) electrons. The van der Waals surface area contributed by atoms with Crippen molar-refractivity contribution in [1.29, 1.82) is 0 Å². The molecular weight excluding hydrogens is 360 g/mol. The minimum atomic E-state index is -3.53. The van der Waals surface area contributed by atoms with Gasteiger partial charge in [0, 0.05) is 31.4 Å². The Balaban J connectivity index is 2.24. The zero-order chi connectivity index (χ0) is 20.0. The molecule has 0 N–H and O–H groups in total. The molecule has 0 aliphatic rings. The molecule has 5 nitrogen and oxygen atoms in total. The monoisotopic (exact) mass is 388 g/mol. The molecular formula is C21H28N2O3S. The molecule has 0 fully saturated rings. The summed E-state index contributed by atoms with van der Waals surface area (Å²) >= 11 is 0. The van der Waals surface area contributed by atoms with Crippen LogP contribution in [0.4, 0.5) is 5.69 Å². The van der Waals surface area contributed by atoms with E-state index >= 15 is 0 Å². The van der Waals surface area contributed by atoms with Crippen LogP contribution in [0.3, 0.4) is 0 Å². The van der Waals surface area contributed by atoms with Crippen molar-refractivity contribution in [2.75, 3.05) is 25.0 Å². The number of benzene rings is 2. The van der Waals surface area contributed by atoms with Crippen molar-refractivity contribution in [3.8, 4) is 0 Å². The zero-order valence-electron chi connectivity index (χ0n) is 16.5. The van der Waals surface area contributed by atoms with E-state index in [-0.39, 0.29) is 10.8 Å². The van der Waals surface area contributed by atoms with Crippen molar-refractivity contribution in [3.05, 3.63) is 59.7 Å². The summed E-state index contributed by atoms with van der Waals surface area (Å²) in [6.45, 7) is 6.94. The third-order valence-corrected chi connectivity index (χ3v) is 6.38. The second-order valence-electron chi connectivity index (χ2n) is 6.59. The standard InChI is InChI=1S/C21H28N2O3S/c1-5-7-15-22(4)27(25,26)20-13-11-18(12-14-20)21(24)23(6-2)19-10-8-9-17(3)16-19/h8-14,16H,5-7,15H2,1-4H3. The first-order valence-corrected chi connectivity index (χ1v) is 10.7. The summed E-state index contributed by atoms with van der Waals surface area (Å²) in [5.41, 5.74) is 2.38. The average Bonchev–Trinajstić information content (AvgIpc) is 2.66. The Morgan fingerprint density at radius 2 is 1.70 bits per heavy atom. The molecule has 0 saturated heterocycles. The topological polar surface area (TPSA) is 57.7 Å². The number of hydrogen-bond acceptors (Lipinski definition) is 3. The summed E-state index contributed by atoms with van der Waals surface area (Å²) in [6, 6.07) is 13.9. The lowest BCUT2D eigenvalue weighted by atomic mass is 10.1. The first kappa shape index (κ1) is 21.1. The molecule has 1 amide bonds. The maximum absolute atomic E-state index is 12.9. The van der Waals surface area contributed by atoms with Gasteiger partial charge in [-0.25, -0.2) is 12.7 Å². The number of nitrogens with zero attached hydrogens (tertiary/aromatic N) is 2. The van der Waals surface area contributed by atoms with E-state index in [0.717, 1.165) is 24.1 Å². The van der Waals surface area contributed by atoms with Crippen molar-refractivity contribution < 1.29 is 13.2 Å². The predicted octanol–water partition coefficient (Wildman–Crippen LogP) is 4.08. The van der Waals surface area contributed by atoms with Crippen LogP contribution in [0.1, 0.15) is 42.6 Å². The molecule has 2 aromatic carbocycles. The second-order valence-corrected chi connectivity index (χ2v) is 8.64. The molecule has 2 aromatic rings. The smallest absolute Gasteiger partial charge is 0.258 e. The third-order valence-electron chi connectivity index (χ3n) is 4.51. The summed E-state index contributed by atoms with van der Waals surface area (Å²) < 4.78 is 26.6. The fraction of sp³-hybridized carbons (Fsp3) is 0.381. The Kier molecular flexibility index (Phi) is 7.16. The van der Waals surface area contributed by atoms with Gasteiger partial charge in [-0.2, -0.15) is 0 Å². The van der Waals surface area contributed by atoms with Gasteiger partial charge in [-0.15, -0.1) is 0 Å². The molecule has 0 aliphatic heterocycles. The van der Waals surface area contributed by atoms with Crippen LogP contribution in [-0.2, 0) is 10.0 Å². The highest BCUT2D eigenvalue weighted by atomic mass is 32.2. The Labute approximate surface area is 162 Å². The summed E-state index contributed by atoms with van der Waals surface area (Å²) in [6.07, 6.45) is 1.74. The van der Waals surface area contributed by atoms with E-state index in [1.165, 1.54) is 16.4 Å². The van der Waals surface area contributed by atoms with Gasteiger partial charge in [0.2, 0.25) is 10.0 Å². The Morgan fingerprint density at radius 3 is 2.26 bits per heavy atom. The second kappa shape index (κ2) is 9.15. The minimum absolute atomic E-state index is 0.147. The molecule has 0 aromatic heterocycles. The van der Waals surface area contributed by atoms with Gasteiger partial charge in [0.25, 0.3) is 5.91 Å². The highest BCUT2D eigenvalue weighted by Gasteiger charge is 2.22. The van der Waals surface area contributed by atoms with Gasteiger partial charge >= 0.3 is 0 Å². The highest BCUT2D eigenvalue weighted by Crippen LogP contribution is 2.20. The third kappa shape index (κ3) is 4.96.